The molecule has 0 N–H and O–H groups in total. The summed E-state index contributed by atoms with van der Waals surface area (Å²) in [7, 11) is 1.85. The van der Waals surface area contributed by atoms with Gasteiger partial charge in [0.25, 0.3) is 5.56 Å². The Morgan fingerprint density at radius 3 is 2.89 bits per heavy atom. The molecule has 0 atom stereocenters. The first-order chi connectivity index (χ1) is 9.16. The molecule has 96 valence electrons. The fourth-order valence-electron chi connectivity index (χ4n) is 1.97. The van der Waals surface area contributed by atoms with Crippen LogP contribution in [-0.4, -0.2) is 19.1 Å². The Morgan fingerprint density at radius 1 is 1.32 bits per heavy atom. The van der Waals surface area contributed by atoms with E-state index in [1.54, 1.807) is 18.5 Å². The molecule has 3 rings (SSSR count). The average molecular weight is 258 g/mol. The number of aromatic nitrogens is 4. The van der Waals surface area contributed by atoms with Gasteiger partial charge in [0.1, 0.15) is 17.2 Å². The Balaban J connectivity index is 2.14. The van der Waals surface area contributed by atoms with Crippen molar-refractivity contribution < 1.29 is 4.39 Å². The number of rotatable bonds is 2. The maximum Gasteiger partial charge on any atom is 0.261 e. The molecule has 2 aromatic heterocycles. The van der Waals surface area contributed by atoms with Gasteiger partial charge in [-0.1, -0.05) is 6.07 Å². The van der Waals surface area contributed by atoms with E-state index in [2.05, 4.69) is 9.97 Å². The Morgan fingerprint density at radius 2 is 2.16 bits per heavy atom. The van der Waals surface area contributed by atoms with E-state index in [0.29, 0.717) is 6.54 Å². The van der Waals surface area contributed by atoms with E-state index in [-0.39, 0.29) is 16.5 Å². The number of hydrogen-bond donors (Lipinski definition) is 0. The molecule has 6 heteroatoms. The summed E-state index contributed by atoms with van der Waals surface area (Å²) >= 11 is 0. The molecule has 0 amide bonds. The highest BCUT2D eigenvalue weighted by Gasteiger charge is 2.09. The van der Waals surface area contributed by atoms with Gasteiger partial charge in [-0.05, 0) is 12.1 Å². The second kappa shape index (κ2) is 4.31. The van der Waals surface area contributed by atoms with E-state index in [0.717, 1.165) is 5.82 Å². The molecular weight excluding hydrogens is 247 g/mol. The highest BCUT2D eigenvalue weighted by atomic mass is 19.1. The number of halogens is 1. The van der Waals surface area contributed by atoms with Crippen molar-refractivity contribution in [1.29, 1.82) is 0 Å². The summed E-state index contributed by atoms with van der Waals surface area (Å²) in [6.45, 7) is 0.307. The minimum Gasteiger partial charge on any atom is -0.337 e. The van der Waals surface area contributed by atoms with Gasteiger partial charge in [-0.15, -0.1) is 0 Å². The number of nitrogens with zero attached hydrogens (tertiary/aromatic N) is 4. The number of benzene rings is 1. The van der Waals surface area contributed by atoms with Crippen LogP contribution in [0.15, 0.2) is 41.7 Å². The van der Waals surface area contributed by atoms with Crippen LogP contribution in [0.3, 0.4) is 0 Å². The van der Waals surface area contributed by atoms with E-state index < -0.39 is 5.82 Å². The van der Waals surface area contributed by atoms with Crippen LogP contribution in [-0.2, 0) is 13.6 Å². The lowest BCUT2D eigenvalue weighted by atomic mass is 10.2. The second-order valence-corrected chi connectivity index (χ2v) is 4.27. The van der Waals surface area contributed by atoms with Crippen molar-refractivity contribution in [3.05, 3.63) is 58.9 Å². The molecule has 0 bridgehead atoms. The fourth-order valence-corrected chi connectivity index (χ4v) is 1.97. The number of para-hydroxylation sites is 1. The molecule has 0 aliphatic carbocycles. The van der Waals surface area contributed by atoms with Crippen molar-refractivity contribution in [2.75, 3.05) is 0 Å². The summed E-state index contributed by atoms with van der Waals surface area (Å²) in [5.74, 6) is 0.249. The third-order valence-corrected chi connectivity index (χ3v) is 3.04. The maximum absolute atomic E-state index is 13.5. The SMILES string of the molecule is Cn1ccnc1Cn1cnc2c(F)cccc2c1=O. The molecule has 0 unspecified atom stereocenters. The monoisotopic (exact) mass is 258 g/mol. The zero-order valence-corrected chi connectivity index (χ0v) is 10.2. The van der Waals surface area contributed by atoms with Gasteiger partial charge in [0.05, 0.1) is 18.3 Å². The molecule has 0 aliphatic heterocycles. The molecule has 19 heavy (non-hydrogen) atoms. The molecular formula is C13H11FN4O. The van der Waals surface area contributed by atoms with Crippen molar-refractivity contribution in [2.24, 2.45) is 7.05 Å². The first-order valence-electron chi connectivity index (χ1n) is 5.76. The molecule has 1 aromatic carbocycles. The summed E-state index contributed by atoms with van der Waals surface area (Å²) < 4.78 is 16.8. The van der Waals surface area contributed by atoms with Gasteiger partial charge in [-0.25, -0.2) is 14.4 Å². The predicted molar refractivity (Wildman–Crippen MR) is 68.3 cm³/mol. The minimum atomic E-state index is -0.487. The largest absolute Gasteiger partial charge is 0.337 e. The van der Waals surface area contributed by atoms with Crippen LogP contribution in [0.5, 0.6) is 0 Å². The van der Waals surface area contributed by atoms with E-state index in [1.165, 1.54) is 23.0 Å². The summed E-state index contributed by atoms with van der Waals surface area (Å²) in [6.07, 6.45) is 4.81. The first-order valence-corrected chi connectivity index (χ1v) is 5.76. The molecule has 0 saturated heterocycles. The minimum absolute atomic E-state index is 0.101. The molecule has 3 aromatic rings. The number of imidazole rings is 1. The molecule has 0 fully saturated rings. The Bertz CT molecular complexity index is 806. The maximum atomic E-state index is 13.5. The Labute approximate surface area is 108 Å². The van der Waals surface area contributed by atoms with Crippen molar-refractivity contribution in [2.45, 2.75) is 6.54 Å². The zero-order chi connectivity index (χ0) is 13.4. The van der Waals surface area contributed by atoms with E-state index in [9.17, 15) is 9.18 Å². The van der Waals surface area contributed by atoms with Crippen LogP contribution < -0.4 is 5.56 Å². The normalized spacial score (nSPS) is 11.1. The summed E-state index contributed by atoms with van der Waals surface area (Å²) in [4.78, 5) is 20.4. The van der Waals surface area contributed by atoms with Crippen LogP contribution in [0.4, 0.5) is 4.39 Å². The van der Waals surface area contributed by atoms with Gasteiger partial charge in [-0.3, -0.25) is 9.36 Å². The third kappa shape index (κ3) is 1.91. The van der Waals surface area contributed by atoms with Crippen LogP contribution in [0, 0.1) is 5.82 Å². The summed E-state index contributed by atoms with van der Waals surface area (Å²) in [5.41, 5.74) is -0.170. The number of hydrogen-bond acceptors (Lipinski definition) is 3. The van der Waals surface area contributed by atoms with Crippen molar-refractivity contribution in [1.82, 2.24) is 19.1 Å². The Kier molecular flexibility index (Phi) is 2.63. The van der Waals surface area contributed by atoms with Gasteiger partial charge in [0, 0.05) is 19.4 Å². The lowest BCUT2D eigenvalue weighted by molar-refractivity contribution is 0.631. The van der Waals surface area contributed by atoms with E-state index in [1.807, 2.05) is 11.6 Å². The van der Waals surface area contributed by atoms with Gasteiger partial charge in [0.2, 0.25) is 0 Å². The smallest absolute Gasteiger partial charge is 0.261 e. The standard InChI is InChI=1S/C13H11FN4O/c1-17-6-5-15-11(17)7-18-8-16-12-9(13(18)19)3-2-4-10(12)14/h2-6,8H,7H2,1H3. The highest BCUT2D eigenvalue weighted by molar-refractivity contribution is 5.77. The predicted octanol–water partition coefficient (Wildman–Crippen LogP) is 1.32. The zero-order valence-electron chi connectivity index (χ0n) is 10.2. The van der Waals surface area contributed by atoms with Gasteiger partial charge in [0.15, 0.2) is 0 Å². The molecule has 5 nitrogen and oxygen atoms in total. The van der Waals surface area contributed by atoms with Crippen LogP contribution in [0.1, 0.15) is 5.82 Å². The average Bonchev–Trinajstić information content (AvgIpc) is 2.79. The van der Waals surface area contributed by atoms with E-state index >= 15 is 0 Å². The Hall–Kier alpha value is -2.50. The van der Waals surface area contributed by atoms with Crippen LogP contribution in [0.2, 0.25) is 0 Å². The highest BCUT2D eigenvalue weighted by Crippen LogP contribution is 2.10. The summed E-state index contributed by atoms with van der Waals surface area (Å²) in [6, 6.07) is 4.37. The fraction of sp³-hybridized carbons (Fsp3) is 0.154. The third-order valence-electron chi connectivity index (χ3n) is 3.04. The first kappa shape index (κ1) is 11.6. The lowest BCUT2D eigenvalue weighted by Gasteiger charge is -2.06. The van der Waals surface area contributed by atoms with Crippen LogP contribution >= 0.6 is 0 Å². The van der Waals surface area contributed by atoms with Gasteiger partial charge < -0.3 is 4.57 Å². The van der Waals surface area contributed by atoms with Crippen molar-refractivity contribution in [3.8, 4) is 0 Å². The topological polar surface area (TPSA) is 52.7 Å². The quantitative estimate of drug-likeness (QED) is 0.696. The molecule has 0 saturated carbocycles. The van der Waals surface area contributed by atoms with Crippen LogP contribution in [0.25, 0.3) is 10.9 Å². The van der Waals surface area contributed by atoms with E-state index in [4.69, 9.17) is 0 Å². The second-order valence-electron chi connectivity index (χ2n) is 4.27. The summed E-state index contributed by atoms with van der Waals surface area (Å²) in [5, 5.41) is 0.275. The van der Waals surface area contributed by atoms with Gasteiger partial charge >= 0.3 is 0 Å². The molecule has 0 radical (unpaired) electrons. The van der Waals surface area contributed by atoms with Crippen molar-refractivity contribution >= 4 is 10.9 Å². The van der Waals surface area contributed by atoms with Crippen molar-refractivity contribution in [3.63, 3.8) is 0 Å². The van der Waals surface area contributed by atoms with Gasteiger partial charge in [-0.2, -0.15) is 0 Å². The number of fused-ring (bicyclic) bond motifs is 1. The molecule has 2 heterocycles. The molecule has 0 aliphatic rings. The molecule has 0 spiro atoms. The number of aryl methyl sites for hydroxylation is 1. The lowest BCUT2D eigenvalue weighted by Crippen LogP contribution is -2.22.